The Balaban J connectivity index is 2.00. The molecule has 3 rings (SSSR count). The van der Waals surface area contributed by atoms with Crippen molar-refractivity contribution >= 4 is 40.3 Å². The number of aryl methyl sites for hydroxylation is 1. The van der Waals surface area contributed by atoms with E-state index in [0.717, 1.165) is 24.0 Å². The first-order valence-electron chi connectivity index (χ1n) is 8.12. The van der Waals surface area contributed by atoms with Gasteiger partial charge in [0.15, 0.2) is 0 Å². The number of rotatable bonds is 5. The van der Waals surface area contributed by atoms with Crippen LogP contribution in [-0.4, -0.2) is 14.9 Å². The first kappa shape index (κ1) is 20.3. The Bertz CT molecular complexity index is 1080. The van der Waals surface area contributed by atoms with E-state index < -0.39 is 22.4 Å². The van der Waals surface area contributed by atoms with Crippen LogP contribution in [0.3, 0.4) is 0 Å². The second-order valence-electron chi connectivity index (χ2n) is 5.96. The fourth-order valence-electron chi connectivity index (χ4n) is 2.50. The van der Waals surface area contributed by atoms with E-state index >= 15 is 0 Å². The third-order valence-electron chi connectivity index (χ3n) is 3.91. The minimum atomic E-state index is -4.55. The lowest BCUT2D eigenvalue weighted by Crippen LogP contribution is -2.07. The summed E-state index contributed by atoms with van der Waals surface area (Å²) in [6, 6.07) is 9.22. The number of nitro groups is 1. The molecule has 0 radical (unpaired) electrons. The second kappa shape index (κ2) is 7.92. The highest BCUT2D eigenvalue weighted by Gasteiger charge is 2.31. The number of halogens is 4. The van der Waals surface area contributed by atoms with Gasteiger partial charge in [0.1, 0.15) is 6.33 Å². The summed E-state index contributed by atoms with van der Waals surface area (Å²) in [6.45, 7) is 1.77. The molecular formula is C18H13ClF3N5O2. The molecule has 7 nitrogen and oxygen atoms in total. The molecule has 1 aromatic heterocycles. The monoisotopic (exact) mass is 423 g/mol. The van der Waals surface area contributed by atoms with Crippen LogP contribution in [0.15, 0.2) is 48.8 Å². The molecule has 0 spiro atoms. The van der Waals surface area contributed by atoms with E-state index in [-0.39, 0.29) is 17.3 Å². The summed E-state index contributed by atoms with van der Waals surface area (Å²) in [5.74, 6) is -0.392. The van der Waals surface area contributed by atoms with E-state index in [4.69, 9.17) is 11.6 Å². The average molecular weight is 424 g/mol. The molecule has 2 aromatic carbocycles. The highest BCUT2D eigenvalue weighted by atomic mass is 35.5. The fourth-order valence-corrected chi connectivity index (χ4v) is 2.67. The van der Waals surface area contributed by atoms with Gasteiger partial charge < -0.3 is 10.6 Å². The number of benzene rings is 2. The molecule has 0 bridgehead atoms. The third-order valence-corrected chi connectivity index (χ3v) is 4.15. The number of aromatic nitrogens is 2. The van der Waals surface area contributed by atoms with Crippen molar-refractivity contribution < 1.29 is 18.1 Å². The van der Waals surface area contributed by atoms with E-state index in [1.807, 2.05) is 0 Å². The van der Waals surface area contributed by atoms with Crippen molar-refractivity contribution in [2.45, 2.75) is 13.1 Å². The Morgan fingerprint density at radius 3 is 2.41 bits per heavy atom. The topological polar surface area (TPSA) is 93.0 Å². The van der Waals surface area contributed by atoms with Gasteiger partial charge in [-0.1, -0.05) is 23.7 Å². The molecule has 2 N–H and O–H groups in total. The molecule has 0 aliphatic rings. The van der Waals surface area contributed by atoms with E-state index in [1.54, 1.807) is 25.1 Å². The molecule has 3 aromatic rings. The molecule has 0 saturated carbocycles. The lowest BCUT2D eigenvalue weighted by Gasteiger charge is -2.13. The van der Waals surface area contributed by atoms with Crippen molar-refractivity contribution in [1.29, 1.82) is 0 Å². The second-order valence-corrected chi connectivity index (χ2v) is 6.40. The number of hydrogen-bond acceptors (Lipinski definition) is 6. The zero-order valence-electron chi connectivity index (χ0n) is 14.8. The zero-order valence-corrected chi connectivity index (χ0v) is 15.5. The van der Waals surface area contributed by atoms with Gasteiger partial charge >= 0.3 is 11.9 Å². The molecule has 0 aliphatic carbocycles. The lowest BCUT2D eigenvalue weighted by atomic mass is 10.2. The van der Waals surface area contributed by atoms with Crippen LogP contribution in [-0.2, 0) is 6.18 Å². The van der Waals surface area contributed by atoms with Gasteiger partial charge in [-0.2, -0.15) is 13.2 Å². The van der Waals surface area contributed by atoms with Gasteiger partial charge in [0.05, 0.1) is 10.5 Å². The van der Waals surface area contributed by atoms with Gasteiger partial charge in [-0.15, -0.1) is 0 Å². The third kappa shape index (κ3) is 4.72. The summed E-state index contributed by atoms with van der Waals surface area (Å²) in [7, 11) is 0. The standard InChI is InChI=1S/C18H13ClF3N5O2/c1-10-5-6-12(19)8-14(10)26-17-15(27(28)29)16(23-9-24-17)25-13-4-2-3-11(7-13)18(20,21)22/h2-9H,1H3,(H2,23,24,25,26). The smallest absolute Gasteiger partial charge is 0.334 e. The molecule has 11 heteroatoms. The molecule has 150 valence electrons. The van der Waals surface area contributed by atoms with Crippen LogP contribution in [0.2, 0.25) is 5.02 Å². The summed E-state index contributed by atoms with van der Waals surface area (Å²) in [4.78, 5) is 18.6. The number of hydrogen-bond donors (Lipinski definition) is 2. The normalized spacial score (nSPS) is 11.2. The number of anilines is 4. The van der Waals surface area contributed by atoms with Crippen molar-refractivity contribution in [3.8, 4) is 0 Å². The molecular weight excluding hydrogens is 411 g/mol. The number of alkyl halides is 3. The van der Waals surface area contributed by atoms with Gasteiger partial charge in [-0.25, -0.2) is 9.97 Å². The van der Waals surface area contributed by atoms with Crippen molar-refractivity contribution in [2.75, 3.05) is 10.6 Å². The van der Waals surface area contributed by atoms with Crippen LogP contribution < -0.4 is 10.6 Å². The SMILES string of the molecule is Cc1ccc(Cl)cc1Nc1ncnc(Nc2cccc(C(F)(F)F)c2)c1[N+](=O)[O-]. The summed E-state index contributed by atoms with van der Waals surface area (Å²) in [5, 5.41) is 17.4. The maximum Gasteiger partial charge on any atom is 0.416 e. The van der Waals surface area contributed by atoms with Crippen LogP contribution in [0.4, 0.5) is 41.9 Å². The Morgan fingerprint density at radius 2 is 1.76 bits per heavy atom. The Kier molecular flexibility index (Phi) is 5.55. The Morgan fingerprint density at radius 1 is 1.07 bits per heavy atom. The van der Waals surface area contributed by atoms with Gasteiger partial charge in [-0.05, 0) is 42.8 Å². The molecule has 1 heterocycles. The van der Waals surface area contributed by atoms with Gasteiger partial charge in [0, 0.05) is 16.4 Å². The fraction of sp³-hybridized carbons (Fsp3) is 0.111. The van der Waals surface area contributed by atoms with Crippen LogP contribution in [0.5, 0.6) is 0 Å². The summed E-state index contributed by atoms with van der Waals surface area (Å²) in [5.41, 5.74) is -0.179. The highest BCUT2D eigenvalue weighted by Crippen LogP contribution is 2.36. The molecule has 0 amide bonds. The van der Waals surface area contributed by atoms with Crippen LogP contribution >= 0.6 is 11.6 Å². The first-order chi connectivity index (χ1) is 13.6. The maximum absolute atomic E-state index is 12.9. The largest absolute Gasteiger partial charge is 0.416 e. The van der Waals surface area contributed by atoms with Crippen LogP contribution in [0.25, 0.3) is 0 Å². The van der Waals surface area contributed by atoms with Crippen molar-refractivity contribution in [2.24, 2.45) is 0 Å². The van der Waals surface area contributed by atoms with Crippen molar-refractivity contribution in [3.05, 3.63) is 75.1 Å². The molecule has 0 fully saturated rings. The summed E-state index contributed by atoms with van der Waals surface area (Å²) in [6.07, 6.45) is -3.49. The molecule has 0 unspecified atom stereocenters. The summed E-state index contributed by atoms with van der Waals surface area (Å²) < 4.78 is 38.7. The Labute approximate surface area is 167 Å². The van der Waals surface area contributed by atoms with Gasteiger partial charge in [-0.3, -0.25) is 10.1 Å². The van der Waals surface area contributed by atoms with E-state index in [0.29, 0.717) is 10.7 Å². The van der Waals surface area contributed by atoms with Crippen LogP contribution in [0.1, 0.15) is 11.1 Å². The molecule has 29 heavy (non-hydrogen) atoms. The minimum absolute atomic E-state index is 0.00786. The molecule has 0 aliphatic heterocycles. The van der Waals surface area contributed by atoms with Crippen molar-refractivity contribution in [3.63, 3.8) is 0 Å². The quantitative estimate of drug-likeness (QED) is 0.395. The highest BCUT2D eigenvalue weighted by molar-refractivity contribution is 6.30. The first-order valence-corrected chi connectivity index (χ1v) is 8.50. The minimum Gasteiger partial charge on any atom is -0.334 e. The average Bonchev–Trinajstić information content (AvgIpc) is 2.64. The number of nitrogens with zero attached hydrogens (tertiary/aromatic N) is 3. The molecule has 0 saturated heterocycles. The Hall–Kier alpha value is -3.40. The van der Waals surface area contributed by atoms with E-state index in [1.165, 1.54) is 12.1 Å². The maximum atomic E-state index is 12.9. The predicted octanol–water partition coefficient (Wildman–Crippen LogP) is 5.85. The van der Waals surface area contributed by atoms with Crippen LogP contribution in [0, 0.1) is 17.0 Å². The van der Waals surface area contributed by atoms with Gasteiger partial charge in [0.2, 0.25) is 11.6 Å². The predicted molar refractivity (Wildman–Crippen MR) is 103 cm³/mol. The van der Waals surface area contributed by atoms with Crippen molar-refractivity contribution in [1.82, 2.24) is 9.97 Å². The van der Waals surface area contributed by atoms with Gasteiger partial charge in [0.25, 0.3) is 0 Å². The summed E-state index contributed by atoms with van der Waals surface area (Å²) >= 11 is 5.96. The molecule has 0 atom stereocenters. The lowest BCUT2D eigenvalue weighted by molar-refractivity contribution is -0.383. The van der Waals surface area contributed by atoms with E-state index in [2.05, 4.69) is 20.6 Å². The zero-order chi connectivity index (χ0) is 21.2. The number of nitrogens with one attached hydrogen (secondary N) is 2. The van der Waals surface area contributed by atoms with E-state index in [9.17, 15) is 23.3 Å².